The van der Waals surface area contributed by atoms with E-state index in [0.717, 1.165) is 17.1 Å². The minimum atomic E-state index is -0.394. The molecule has 22 heavy (non-hydrogen) atoms. The smallest absolute Gasteiger partial charge is 0.309 e. The first-order valence-electron chi connectivity index (χ1n) is 6.95. The minimum Gasteiger partial charge on any atom is -0.457 e. The lowest BCUT2D eigenvalue weighted by Crippen LogP contribution is -2.08. The lowest BCUT2D eigenvalue weighted by molar-refractivity contribution is -0.133. The maximum absolute atomic E-state index is 10.9. The van der Waals surface area contributed by atoms with Crippen LogP contribution >= 0.6 is 0 Å². The normalized spacial score (nSPS) is 16.6. The molecule has 1 aliphatic rings. The van der Waals surface area contributed by atoms with E-state index in [2.05, 4.69) is 5.16 Å². The molecule has 0 amide bonds. The fourth-order valence-electron chi connectivity index (χ4n) is 2.14. The molecular weight excluding hydrogens is 282 g/mol. The van der Waals surface area contributed by atoms with Crippen LogP contribution < -0.4 is 4.74 Å². The van der Waals surface area contributed by atoms with E-state index in [1.54, 1.807) is 0 Å². The molecule has 3 rings (SSSR count). The van der Waals surface area contributed by atoms with Gasteiger partial charge in [-0.2, -0.15) is 0 Å². The monoisotopic (exact) mass is 297 g/mol. The Labute approximate surface area is 128 Å². The Morgan fingerprint density at radius 1 is 1.09 bits per heavy atom. The zero-order valence-corrected chi connectivity index (χ0v) is 12.1. The number of esters is 1. The van der Waals surface area contributed by atoms with E-state index in [9.17, 15) is 4.79 Å². The van der Waals surface area contributed by atoms with E-state index in [-0.39, 0.29) is 6.10 Å². The van der Waals surface area contributed by atoms with Crippen LogP contribution in [0.4, 0.5) is 0 Å². The molecule has 112 valence electrons. The van der Waals surface area contributed by atoms with Gasteiger partial charge in [0.15, 0.2) is 6.10 Å². The molecule has 2 aromatic carbocycles. The number of benzene rings is 2. The van der Waals surface area contributed by atoms with Crippen molar-refractivity contribution in [3.05, 3.63) is 60.2 Å². The van der Waals surface area contributed by atoms with Gasteiger partial charge in [0.05, 0.1) is 6.42 Å². The summed E-state index contributed by atoms with van der Waals surface area (Å²) in [7, 11) is 0. The summed E-state index contributed by atoms with van der Waals surface area (Å²) >= 11 is 0. The van der Waals surface area contributed by atoms with Crippen LogP contribution in [-0.2, 0) is 14.4 Å². The molecule has 0 saturated heterocycles. The molecule has 0 fully saturated rings. The van der Waals surface area contributed by atoms with E-state index in [1.807, 2.05) is 54.6 Å². The van der Waals surface area contributed by atoms with Crippen molar-refractivity contribution in [2.45, 2.75) is 19.4 Å². The Hall–Kier alpha value is -2.82. The van der Waals surface area contributed by atoms with Gasteiger partial charge in [0.25, 0.3) is 0 Å². The van der Waals surface area contributed by atoms with Gasteiger partial charge in [-0.25, -0.2) is 0 Å². The molecule has 2 aromatic rings. The Kier molecular flexibility index (Phi) is 4.05. The quantitative estimate of drug-likeness (QED) is 0.808. The van der Waals surface area contributed by atoms with Crippen molar-refractivity contribution >= 4 is 11.9 Å². The van der Waals surface area contributed by atoms with E-state index in [0.29, 0.717) is 12.3 Å². The number of oxime groups is 1. The molecule has 0 saturated carbocycles. The molecule has 0 aliphatic carbocycles. The Balaban J connectivity index is 1.62. The number of para-hydroxylation sites is 1. The first-order chi connectivity index (χ1) is 10.7. The third-order valence-corrected chi connectivity index (χ3v) is 3.13. The van der Waals surface area contributed by atoms with Crippen LogP contribution in [0.3, 0.4) is 0 Å². The topological polar surface area (TPSA) is 57.1 Å². The van der Waals surface area contributed by atoms with Gasteiger partial charge in [0, 0.05) is 6.92 Å². The predicted molar refractivity (Wildman–Crippen MR) is 80.6 cm³/mol. The summed E-state index contributed by atoms with van der Waals surface area (Å²) in [6.07, 6.45) is 0.207. The van der Waals surface area contributed by atoms with Crippen molar-refractivity contribution in [1.29, 1.82) is 0 Å². The van der Waals surface area contributed by atoms with Gasteiger partial charge in [0.2, 0.25) is 5.90 Å². The number of carbonyl (C=O) groups is 1. The number of ether oxygens (including phenoxy) is 2. The molecule has 1 atom stereocenters. The maximum atomic E-state index is 10.9. The van der Waals surface area contributed by atoms with Crippen molar-refractivity contribution < 1.29 is 19.1 Å². The summed E-state index contributed by atoms with van der Waals surface area (Å²) in [6, 6.07) is 17.1. The molecule has 0 unspecified atom stereocenters. The number of hydrogen-bond donors (Lipinski definition) is 0. The molecule has 0 N–H and O–H groups in total. The summed E-state index contributed by atoms with van der Waals surface area (Å²) in [5, 5.41) is 3.77. The Morgan fingerprint density at radius 2 is 1.77 bits per heavy atom. The number of rotatable bonds is 3. The van der Waals surface area contributed by atoms with E-state index in [4.69, 9.17) is 14.3 Å². The number of hydrogen-bond acceptors (Lipinski definition) is 5. The summed E-state index contributed by atoms with van der Waals surface area (Å²) in [5.41, 5.74) is 0.950. The van der Waals surface area contributed by atoms with Crippen molar-refractivity contribution in [3.8, 4) is 11.5 Å². The Bertz CT molecular complexity index is 680. The fourth-order valence-corrected chi connectivity index (χ4v) is 2.14. The number of nitrogens with zero attached hydrogens (tertiary/aromatic N) is 1. The van der Waals surface area contributed by atoms with Crippen LogP contribution in [0, 0.1) is 0 Å². The van der Waals surface area contributed by atoms with Crippen LogP contribution in [0.1, 0.15) is 25.0 Å². The van der Waals surface area contributed by atoms with Crippen LogP contribution in [0.5, 0.6) is 11.5 Å². The second-order valence-corrected chi connectivity index (χ2v) is 4.86. The highest BCUT2D eigenvalue weighted by Gasteiger charge is 2.25. The molecule has 0 aromatic heterocycles. The third-order valence-electron chi connectivity index (χ3n) is 3.13. The minimum absolute atomic E-state index is 0.236. The maximum Gasteiger partial charge on any atom is 0.309 e. The summed E-state index contributed by atoms with van der Waals surface area (Å²) in [6.45, 7) is 1.34. The molecule has 1 aliphatic heterocycles. The van der Waals surface area contributed by atoms with Gasteiger partial charge in [0.1, 0.15) is 11.5 Å². The van der Waals surface area contributed by atoms with Gasteiger partial charge in [-0.15, -0.1) is 0 Å². The molecule has 0 spiro atoms. The van der Waals surface area contributed by atoms with Crippen LogP contribution in [-0.4, -0.2) is 11.9 Å². The van der Waals surface area contributed by atoms with Gasteiger partial charge >= 0.3 is 5.97 Å². The first-order valence-corrected chi connectivity index (χ1v) is 6.95. The van der Waals surface area contributed by atoms with Gasteiger partial charge in [-0.3, -0.25) is 4.79 Å². The number of carbonyl (C=O) groups excluding carboxylic acids is 1. The van der Waals surface area contributed by atoms with Crippen LogP contribution in [0.25, 0.3) is 0 Å². The largest absolute Gasteiger partial charge is 0.457 e. The fraction of sp³-hybridized carbons (Fsp3) is 0.176. The molecule has 1 heterocycles. The van der Waals surface area contributed by atoms with Crippen molar-refractivity contribution in [1.82, 2.24) is 0 Å². The lowest BCUT2D eigenvalue weighted by Gasteiger charge is -2.10. The highest BCUT2D eigenvalue weighted by molar-refractivity contribution is 5.88. The lowest BCUT2D eigenvalue weighted by atomic mass is 10.1. The average molecular weight is 297 g/mol. The SMILES string of the molecule is CC(=O)OC1=NO[C@H](c2ccc(Oc3ccccc3)cc2)C1. The van der Waals surface area contributed by atoms with Crippen LogP contribution in [0.2, 0.25) is 0 Å². The standard InChI is InChI=1S/C17H15NO4/c1-12(19)20-17-11-16(22-18-17)13-7-9-15(10-8-13)21-14-5-3-2-4-6-14/h2-10,16H,11H2,1H3/t16-/m0/s1. The van der Waals surface area contributed by atoms with Crippen molar-refractivity contribution in [2.75, 3.05) is 0 Å². The van der Waals surface area contributed by atoms with Crippen molar-refractivity contribution in [3.63, 3.8) is 0 Å². The van der Waals surface area contributed by atoms with E-state index < -0.39 is 5.97 Å². The highest BCUT2D eigenvalue weighted by atomic mass is 16.7. The van der Waals surface area contributed by atoms with Crippen LogP contribution in [0.15, 0.2) is 59.8 Å². The highest BCUT2D eigenvalue weighted by Crippen LogP contribution is 2.30. The van der Waals surface area contributed by atoms with Crippen molar-refractivity contribution in [2.24, 2.45) is 5.16 Å². The summed E-state index contributed by atoms with van der Waals surface area (Å²) in [4.78, 5) is 16.2. The summed E-state index contributed by atoms with van der Waals surface area (Å²) in [5.74, 6) is 1.44. The zero-order valence-electron chi connectivity index (χ0n) is 12.1. The van der Waals surface area contributed by atoms with Gasteiger partial charge in [-0.05, 0) is 29.8 Å². The zero-order chi connectivity index (χ0) is 15.4. The molecule has 0 bridgehead atoms. The molecule has 5 nitrogen and oxygen atoms in total. The first kappa shape index (κ1) is 14.1. The van der Waals surface area contributed by atoms with E-state index >= 15 is 0 Å². The van der Waals surface area contributed by atoms with Gasteiger partial charge < -0.3 is 14.3 Å². The molecule has 0 radical (unpaired) electrons. The molecular formula is C17H15NO4. The second kappa shape index (κ2) is 6.30. The van der Waals surface area contributed by atoms with Gasteiger partial charge in [-0.1, -0.05) is 35.5 Å². The second-order valence-electron chi connectivity index (χ2n) is 4.86. The van der Waals surface area contributed by atoms with E-state index in [1.165, 1.54) is 6.92 Å². The third kappa shape index (κ3) is 3.44. The Morgan fingerprint density at radius 3 is 2.45 bits per heavy atom. The predicted octanol–water partition coefficient (Wildman–Crippen LogP) is 3.82. The molecule has 5 heteroatoms. The average Bonchev–Trinajstić information content (AvgIpc) is 2.97. The summed E-state index contributed by atoms with van der Waals surface area (Å²) < 4.78 is 10.7.